The van der Waals surface area contributed by atoms with Gasteiger partial charge >= 0.3 is 0 Å². The molecule has 0 bridgehead atoms. The highest BCUT2D eigenvalue weighted by molar-refractivity contribution is 5.35. The topological polar surface area (TPSA) is 39.7 Å². The van der Waals surface area contributed by atoms with Crippen molar-refractivity contribution in [3.05, 3.63) is 29.6 Å². The number of nitrogens with one attached hydrogen (secondary N) is 1. The minimum Gasteiger partial charge on any atom is -0.487 e. The molecule has 1 aromatic carbocycles. The molecule has 0 amide bonds. The predicted molar refractivity (Wildman–Crippen MR) is 76.9 cm³/mol. The first kappa shape index (κ1) is 14.8. The van der Waals surface area contributed by atoms with Crippen LogP contribution in [0.4, 0.5) is 4.39 Å². The summed E-state index contributed by atoms with van der Waals surface area (Å²) in [5, 5.41) is 3.05. The van der Waals surface area contributed by atoms with Gasteiger partial charge in [-0.3, -0.25) is 0 Å². The van der Waals surface area contributed by atoms with Crippen LogP contribution in [0.1, 0.15) is 24.8 Å². The van der Waals surface area contributed by atoms with E-state index in [1.165, 1.54) is 6.07 Å². The van der Waals surface area contributed by atoms with Gasteiger partial charge in [0.25, 0.3) is 0 Å². The Kier molecular flexibility index (Phi) is 4.42. The first-order valence-electron chi connectivity index (χ1n) is 7.53. The molecule has 0 aliphatic carbocycles. The molecular weight excluding hydrogens is 273 g/mol. The molecule has 2 saturated heterocycles. The molecule has 2 unspecified atom stereocenters. The van der Waals surface area contributed by atoms with Crippen molar-refractivity contribution in [1.29, 1.82) is 0 Å². The SMILES string of the molecule is CNCc1cccc(F)c1OC1CCOC2(CCOC2)C1. The smallest absolute Gasteiger partial charge is 0.165 e. The third-order valence-corrected chi connectivity index (χ3v) is 4.22. The van der Waals surface area contributed by atoms with Crippen LogP contribution < -0.4 is 10.1 Å². The molecule has 1 N–H and O–H groups in total. The summed E-state index contributed by atoms with van der Waals surface area (Å²) in [4.78, 5) is 0. The Bertz CT molecular complexity index is 488. The second-order valence-corrected chi connectivity index (χ2v) is 5.83. The van der Waals surface area contributed by atoms with E-state index in [1.807, 2.05) is 13.1 Å². The Labute approximate surface area is 124 Å². The monoisotopic (exact) mass is 295 g/mol. The molecule has 2 fully saturated rings. The van der Waals surface area contributed by atoms with Crippen molar-refractivity contribution < 1.29 is 18.6 Å². The molecule has 2 atom stereocenters. The van der Waals surface area contributed by atoms with E-state index in [0.29, 0.717) is 25.5 Å². The Morgan fingerprint density at radius 3 is 3.10 bits per heavy atom. The second-order valence-electron chi connectivity index (χ2n) is 5.83. The van der Waals surface area contributed by atoms with Crippen LogP contribution in [-0.4, -0.2) is 38.6 Å². The molecule has 0 saturated carbocycles. The highest BCUT2D eigenvalue weighted by atomic mass is 19.1. The third kappa shape index (κ3) is 3.20. The van der Waals surface area contributed by atoms with Gasteiger partial charge in [0.05, 0.1) is 18.8 Å². The summed E-state index contributed by atoms with van der Waals surface area (Å²) in [6, 6.07) is 5.05. The van der Waals surface area contributed by atoms with Crippen molar-refractivity contribution in [2.24, 2.45) is 0 Å². The maximum absolute atomic E-state index is 14.1. The van der Waals surface area contributed by atoms with Crippen molar-refractivity contribution in [2.45, 2.75) is 37.5 Å². The van der Waals surface area contributed by atoms with Gasteiger partial charge in [-0.1, -0.05) is 12.1 Å². The zero-order valence-electron chi connectivity index (χ0n) is 12.4. The van der Waals surface area contributed by atoms with Gasteiger partial charge in [-0.15, -0.1) is 0 Å². The lowest BCUT2D eigenvalue weighted by Gasteiger charge is -2.37. The molecule has 21 heavy (non-hydrogen) atoms. The van der Waals surface area contributed by atoms with Gasteiger partial charge in [-0.25, -0.2) is 4.39 Å². The van der Waals surface area contributed by atoms with Crippen LogP contribution in [0.15, 0.2) is 18.2 Å². The number of rotatable bonds is 4. The standard InChI is InChI=1S/C16H22FNO3/c1-18-10-12-3-2-4-14(17)15(12)21-13-5-7-20-16(9-13)6-8-19-11-16/h2-4,13,18H,5-11H2,1H3. The molecule has 5 heteroatoms. The minimum atomic E-state index is -0.300. The van der Waals surface area contributed by atoms with Crippen LogP contribution in [0.25, 0.3) is 0 Å². The largest absolute Gasteiger partial charge is 0.487 e. The van der Waals surface area contributed by atoms with E-state index in [-0.39, 0.29) is 17.5 Å². The second kappa shape index (κ2) is 6.30. The fourth-order valence-corrected chi connectivity index (χ4v) is 3.13. The fraction of sp³-hybridized carbons (Fsp3) is 0.625. The molecule has 1 spiro atoms. The van der Waals surface area contributed by atoms with Crippen molar-refractivity contribution in [3.63, 3.8) is 0 Å². The number of ether oxygens (including phenoxy) is 3. The summed E-state index contributed by atoms with van der Waals surface area (Å²) in [5.41, 5.74) is 0.623. The molecule has 4 nitrogen and oxygen atoms in total. The van der Waals surface area contributed by atoms with Crippen LogP contribution >= 0.6 is 0 Å². The predicted octanol–water partition coefficient (Wildman–Crippen LogP) is 2.26. The summed E-state index contributed by atoms with van der Waals surface area (Å²) in [7, 11) is 1.84. The van der Waals surface area contributed by atoms with E-state index < -0.39 is 0 Å². The van der Waals surface area contributed by atoms with Gasteiger partial charge in [0, 0.05) is 38.0 Å². The van der Waals surface area contributed by atoms with Crippen molar-refractivity contribution in [2.75, 3.05) is 26.9 Å². The van der Waals surface area contributed by atoms with Gasteiger partial charge < -0.3 is 19.5 Å². The number of halogens is 1. The Morgan fingerprint density at radius 1 is 1.43 bits per heavy atom. The normalized spacial score (nSPS) is 29.0. The zero-order valence-corrected chi connectivity index (χ0v) is 12.4. The summed E-state index contributed by atoms with van der Waals surface area (Å²) < 4.78 is 31.4. The maximum atomic E-state index is 14.1. The molecule has 3 rings (SSSR count). The Balaban J connectivity index is 1.74. The number of para-hydroxylation sites is 1. The number of hydrogen-bond donors (Lipinski definition) is 1. The summed E-state index contributed by atoms with van der Waals surface area (Å²) in [6.45, 7) is 2.58. The maximum Gasteiger partial charge on any atom is 0.165 e. The van der Waals surface area contributed by atoms with Crippen molar-refractivity contribution in [1.82, 2.24) is 5.32 Å². The van der Waals surface area contributed by atoms with Crippen LogP contribution in [0.3, 0.4) is 0 Å². The number of hydrogen-bond acceptors (Lipinski definition) is 4. The quantitative estimate of drug-likeness (QED) is 0.925. The summed E-state index contributed by atoms with van der Waals surface area (Å²) in [6.07, 6.45) is 2.43. The Morgan fingerprint density at radius 2 is 2.33 bits per heavy atom. The molecule has 2 aliphatic heterocycles. The van der Waals surface area contributed by atoms with E-state index >= 15 is 0 Å². The fourth-order valence-electron chi connectivity index (χ4n) is 3.13. The Hall–Kier alpha value is -1.17. The third-order valence-electron chi connectivity index (χ3n) is 4.22. The molecule has 0 radical (unpaired) electrons. The summed E-state index contributed by atoms with van der Waals surface area (Å²) in [5.74, 6) is 0.0683. The van der Waals surface area contributed by atoms with E-state index in [1.54, 1.807) is 6.07 Å². The van der Waals surface area contributed by atoms with Crippen molar-refractivity contribution >= 4 is 0 Å². The van der Waals surface area contributed by atoms with E-state index in [2.05, 4.69) is 5.32 Å². The molecule has 0 aromatic heterocycles. The highest BCUT2D eigenvalue weighted by Gasteiger charge is 2.42. The van der Waals surface area contributed by atoms with Crippen molar-refractivity contribution in [3.8, 4) is 5.75 Å². The van der Waals surface area contributed by atoms with Gasteiger partial charge in [0.2, 0.25) is 0 Å². The van der Waals surface area contributed by atoms with Gasteiger partial charge in [0.1, 0.15) is 6.10 Å². The van der Waals surface area contributed by atoms with Gasteiger partial charge in [0.15, 0.2) is 11.6 Å². The molecule has 2 heterocycles. The molecule has 116 valence electrons. The van der Waals surface area contributed by atoms with E-state index in [4.69, 9.17) is 14.2 Å². The first-order valence-corrected chi connectivity index (χ1v) is 7.53. The van der Waals surface area contributed by atoms with Gasteiger partial charge in [-0.2, -0.15) is 0 Å². The lowest BCUT2D eigenvalue weighted by molar-refractivity contribution is -0.112. The van der Waals surface area contributed by atoms with Crippen LogP contribution in [-0.2, 0) is 16.0 Å². The minimum absolute atomic E-state index is 0.0204. The summed E-state index contributed by atoms with van der Waals surface area (Å²) >= 11 is 0. The average Bonchev–Trinajstić information content (AvgIpc) is 2.91. The van der Waals surface area contributed by atoms with Crippen LogP contribution in [0.5, 0.6) is 5.75 Å². The highest BCUT2D eigenvalue weighted by Crippen LogP contribution is 2.35. The molecule has 1 aromatic rings. The lowest BCUT2D eigenvalue weighted by Crippen LogP contribution is -2.44. The lowest BCUT2D eigenvalue weighted by atomic mass is 9.91. The van der Waals surface area contributed by atoms with E-state index in [9.17, 15) is 4.39 Å². The molecular formula is C16H22FNO3. The molecule has 2 aliphatic rings. The average molecular weight is 295 g/mol. The number of benzene rings is 1. The first-order chi connectivity index (χ1) is 10.2. The van der Waals surface area contributed by atoms with Crippen LogP contribution in [0, 0.1) is 5.82 Å². The van der Waals surface area contributed by atoms with Gasteiger partial charge in [-0.05, 0) is 13.1 Å². The van der Waals surface area contributed by atoms with Crippen LogP contribution in [0.2, 0.25) is 0 Å². The van der Waals surface area contributed by atoms with E-state index in [0.717, 1.165) is 31.4 Å². The zero-order chi connectivity index (χ0) is 14.7.